The van der Waals surface area contributed by atoms with Crippen LogP contribution in [-0.2, 0) is 17.6 Å². The van der Waals surface area contributed by atoms with Gasteiger partial charge in [0.15, 0.2) is 5.82 Å². The minimum absolute atomic E-state index is 0.0255. The number of tetrazole rings is 1. The molecular formula is C14H16N4O2. The second-order valence-electron chi connectivity index (χ2n) is 5.30. The highest BCUT2D eigenvalue weighted by Crippen LogP contribution is 2.33. The van der Waals surface area contributed by atoms with Gasteiger partial charge in [0.05, 0.1) is 12.5 Å². The van der Waals surface area contributed by atoms with E-state index in [1.54, 1.807) is 4.68 Å². The molecule has 0 radical (unpaired) electrons. The van der Waals surface area contributed by atoms with Gasteiger partial charge in [-0.1, -0.05) is 24.3 Å². The average Bonchev–Trinajstić information content (AvgIpc) is 3.04. The molecule has 0 saturated heterocycles. The smallest absolute Gasteiger partial charge is 0.305 e. The molecule has 0 fully saturated rings. The van der Waals surface area contributed by atoms with E-state index in [1.807, 2.05) is 19.1 Å². The fourth-order valence-electron chi connectivity index (χ4n) is 2.86. The van der Waals surface area contributed by atoms with Crippen molar-refractivity contribution < 1.29 is 9.90 Å². The second kappa shape index (κ2) is 5.03. The predicted molar refractivity (Wildman–Crippen MR) is 71.4 cm³/mol. The van der Waals surface area contributed by atoms with Gasteiger partial charge in [-0.05, 0) is 41.3 Å². The van der Waals surface area contributed by atoms with Crippen molar-refractivity contribution in [3.8, 4) is 0 Å². The molecule has 3 rings (SSSR count). The highest BCUT2D eigenvalue weighted by atomic mass is 16.4. The summed E-state index contributed by atoms with van der Waals surface area (Å²) in [7, 11) is 0. The Morgan fingerprint density at radius 2 is 2.05 bits per heavy atom. The Hall–Kier alpha value is -2.24. The molecule has 1 aliphatic rings. The molecule has 1 aromatic heterocycles. The van der Waals surface area contributed by atoms with Gasteiger partial charge in [0.25, 0.3) is 0 Å². The topological polar surface area (TPSA) is 80.9 Å². The third-order valence-electron chi connectivity index (χ3n) is 3.82. The predicted octanol–water partition coefficient (Wildman–Crippen LogP) is 1.59. The molecule has 1 atom stereocenters. The Labute approximate surface area is 116 Å². The van der Waals surface area contributed by atoms with Crippen LogP contribution in [0.15, 0.2) is 24.3 Å². The van der Waals surface area contributed by atoms with Crippen LogP contribution in [0.25, 0.3) is 0 Å². The molecule has 1 aliphatic carbocycles. The summed E-state index contributed by atoms with van der Waals surface area (Å²) in [5.74, 6) is 0.183. The van der Waals surface area contributed by atoms with Gasteiger partial charge in [-0.3, -0.25) is 4.79 Å². The fraction of sp³-hybridized carbons (Fsp3) is 0.429. The molecule has 2 aromatic rings. The van der Waals surface area contributed by atoms with Gasteiger partial charge in [0.1, 0.15) is 0 Å². The van der Waals surface area contributed by atoms with E-state index in [1.165, 1.54) is 11.1 Å². The number of nitrogens with zero attached hydrogens (tertiary/aromatic N) is 4. The SMILES string of the molecule is CC(CC(=O)O)n1nnnc1C1Cc2ccccc2C1. The molecule has 0 bridgehead atoms. The molecule has 104 valence electrons. The van der Waals surface area contributed by atoms with E-state index in [0.29, 0.717) is 0 Å². The Bertz CT molecular complexity index is 613. The Morgan fingerprint density at radius 1 is 1.40 bits per heavy atom. The van der Waals surface area contributed by atoms with Gasteiger partial charge in [-0.25, -0.2) is 4.68 Å². The van der Waals surface area contributed by atoms with E-state index in [-0.39, 0.29) is 18.4 Å². The number of rotatable bonds is 4. The average molecular weight is 272 g/mol. The second-order valence-corrected chi connectivity index (χ2v) is 5.30. The Balaban J connectivity index is 1.83. The van der Waals surface area contributed by atoms with Crippen molar-refractivity contribution in [3.05, 3.63) is 41.2 Å². The zero-order valence-electron chi connectivity index (χ0n) is 11.2. The normalized spacial score (nSPS) is 16.1. The summed E-state index contributed by atoms with van der Waals surface area (Å²) in [4.78, 5) is 10.8. The maximum atomic E-state index is 10.8. The van der Waals surface area contributed by atoms with Gasteiger partial charge in [0.2, 0.25) is 0 Å². The summed E-state index contributed by atoms with van der Waals surface area (Å²) in [5, 5.41) is 20.7. The third kappa shape index (κ3) is 2.29. The Kier molecular flexibility index (Phi) is 3.22. The van der Waals surface area contributed by atoms with E-state index in [0.717, 1.165) is 18.7 Å². The van der Waals surface area contributed by atoms with Crippen molar-refractivity contribution >= 4 is 5.97 Å². The first-order valence-corrected chi connectivity index (χ1v) is 6.71. The molecule has 6 heteroatoms. The molecule has 0 amide bonds. The summed E-state index contributed by atoms with van der Waals surface area (Å²) in [6.45, 7) is 1.83. The molecule has 6 nitrogen and oxygen atoms in total. The monoisotopic (exact) mass is 272 g/mol. The summed E-state index contributed by atoms with van der Waals surface area (Å²) in [6.07, 6.45) is 1.85. The Morgan fingerprint density at radius 3 is 2.65 bits per heavy atom. The number of aromatic nitrogens is 4. The van der Waals surface area contributed by atoms with Gasteiger partial charge in [0, 0.05) is 5.92 Å². The van der Waals surface area contributed by atoms with Crippen LogP contribution >= 0.6 is 0 Å². The van der Waals surface area contributed by atoms with E-state index in [2.05, 4.69) is 27.7 Å². The van der Waals surface area contributed by atoms with E-state index < -0.39 is 5.97 Å². The quantitative estimate of drug-likeness (QED) is 0.914. The number of carboxylic acid groups (broad SMARTS) is 1. The number of hydrogen-bond donors (Lipinski definition) is 1. The number of aliphatic carboxylic acids is 1. The minimum Gasteiger partial charge on any atom is -0.481 e. The molecule has 1 aromatic carbocycles. The third-order valence-corrected chi connectivity index (χ3v) is 3.82. The van der Waals surface area contributed by atoms with Crippen LogP contribution in [0.1, 0.15) is 42.3 Å². The number of fused-ring (bicyclic) bond motifs is 1. The molecule has 0 aliphatic heterocycles. The lowest BCUT2D eigenvalue weighted by Gasteiger charge is -2.14. The van der Waals surface area contributed by atoms with Crippen molar-refractivity contribution in [1.82, 2.24) is 20.2 Å². The van der Waals surface area contributed by atoms with Gasteiger partial charge in [-0.2, -0.15) is 0 Å². The maximum absolute atomic E-state index is 10.8. The van der Waals surface area contributed by atoms with Gasteiger partial charge < -0.3 is 5.11 Å². The minimum atomic E-state index is -0.839. The number of carboxylic acids is 1. The van der Waals surface area contributed by atoms with Crippen LogP contribution < -0.4 is 0 Å². The van der Waals surface area contributed by atoms with Crippen molar-refractivity contribution in [2.75, 3.05) is 0 Å². The molecule has 1 N–H and O–H groups in total. The largest absolute Gasteiger partial charge is 0.481 e. The lowest BCUT2D eigenvalue weighted by molar-refractivity contribution is -0.137. The summed E-state index contributed by atoms with van der Waals surface area (Å²) in [6, 6.07) is 8.10. The first-order valence-electron chi connectivity index (χ1n) is 6.71. The van der Waals surface area contributed by atoms with Crippen molar-refractivity contribution in [3.63, 3.8) is 0 Å². The molecule has 20 heavy (non-hydrogen) atoms. The first kappa shape index (κ1) is 12.8. The highest BCUT2D eigenvalue weighted by Gasteiger charge is 2.28. The molecule has 0 saturated carbocycles. The van der Waals surface area contributed by atoms with E-state index in [4.69, 9.17) is 5.11 Å². The summed E-state index contributed by atoms with van der Waals surface area (Å²) >= 11 is 0. The zero-order valence-corrected chi connectivity index (χ0v) is 11.2. The van der Waals surface area contributed by atoms with Crippen LogP contribution in [-0.4, -0.2) is 31.3 Å². The summed E-state index contributed by atoms with van der Waals surface area (Å²) in [5.41, 5.74) is 2.66. The number of benzene rings is 1. The lowest BCUT2D eigenvalue weighted by atomic mass is 10.1. The summed E-state index contributed by atoms with van der Waals surface area (Å²) < 4.78 is 1.66. The lowest BCUT2D eigenvalue weighted by Crippen LogP contribution is -2.17. The molecule has 1 unspecified atom stereocenters. The first-order chi connectivity index (χ1) is 9.65. The number of carbonyl (C=O) groups is 1. The van der Waals surface area contributed by atoms with Crippen LogP contribution in [0.3, 0.4) is 0 Å². The van der Waals surface area contributed by atoms with Crippen molar-refractivity contribution in [2.24, 2.45) is 0 Å². The van der Waals surface area contributed by atoms with Crippen LogP contribution in [0.2, 0.25) is 0 Å². The highest BCUT2D eigenvalue weighted by molar-refractivity contribution is 5.67. The van der Waals surface area contributed by atoms with Crippen LogP contribution in [0.4, 0.5) is 0 Å². The molecule has 0 spiro atoms. The standard InChI is InChI=1S/C14H16N4O2/c1-9(6-13(19)20)18-14(15-16-17-18)12-7-10-4-2-3-5-11(10)8-12/h2-5,9,12H,6-8H2,1H3,(H,19,20). The van der Waals surface area contributed by atoms with Gasteiger partial charge in [-0.15, -0.1) is 5.10 Å². The fourth-order valence-corrected chi connectivity index (χ4v) is 2.86. The van der Waals surface area contributed by atoms with Gasteiger partial charge >= 0.3 is 5.97 Å². The van der Waals surface area contributed by atoms with Crippen LogP contribution in [0.5, 0.6) is 0 Å². The zero-order chi connectivity index (χ0) is 14.1. The van der Waals surface area contributed by atoms with Crippen LogP contribution in [0, 0.1) is 0 Å². The molecular weight excluding hydrogens is 256 g/mol. The molecule has 1 heterocycles. The number of hydrogen-bond acceptors (Lipinski definition) is 4. The van der Waals surface area contributed by atoms with E-state index >= 15 is 0 Å². The van der Waals surface area contributed by atoms with Crippen molar-refractivity contribution in [1.29, 1.82) is 0 Å². The maximum Gasteiger partial charge on any atom is 0.305 e. The van der Waals surface area contributed by atoms with E-state index in [9.17, 15) is 4.79 Å². The van der Waals surface area contributed by atoms with Crippen molar-refractivity contribution in [2.45, 2.75) is 38.1 Å².